The van der Waals surface area contributed by atoms with Crippen molar-refractivity contribution in [1.82, 2.24) is 4.98 Å². The molecule has 0 spiro atoms. The number of unbranched alkanes of at least 4 members (excludes halogenated alkanes) is 1. The number of allylic oxidation sites excluding steroid dienone is 1. The number of benzene rings is 1. The van der Waals surface area contributed by atoms with Gasteiger partial charge in [0.15, 0.2) is 11.2 Å². The van der Waals surface area contributed by atoms with E-state index in [4.69, 9.17) is 10.7 Å². The summed E-state index contributed by atoms with van der Waals surface area (Å²) in [7, 11) is 0. The number of aromatic nitrogens is 1. The number of thioether (sulfide) groups is 1. The third-order valence-electron chi connectivity index (χ3n) is 4.69. The molecule has 0 radical (unpaired) electrons. The number of nitrogens with zero attached hydrogens (tertiary/aromatic N) is 1. The van der Waals surface area contributed by atoms with E-state index in [1.807, 2.05) is 17.8 Å². The van der Waals surface area contributed by atoms with E-state index in [0.29, 0.717) is 10.9 Å². The molecule has 140 valence electrons. The molecule has 0 amide bonds. The second-order valence-electron chi connectivity index (χ2n) is 6.60. The molecular weight excluding hydrogens is 392 g/mol. The van der Waals surface area contributed by atoms with Crippen LogP contribution in [0.1, 0.15) is 37.1 Å². The summed E-state index contributed by atoms with van der Waals surface area (Å²) in [4.78, 5) is 5.90. The van der Waals surface area contributed by atoms with Gasteiger partial charge in [-0.05, 0) is 35.4 Å². The van der Waals surface area contributed by atoms with Crippen molar-refractivity contribution in [2.45, 2.75) is 35.6 Å². The maximum atomic E-state index is 10.7. The van der Waals surface area contributed by atoms with Gasteiger partial charge in [-0.2, -0.15) is 4.55 Å². The number of rotatable bonds is 6. The van der Waals surface area contributed by atoms with Gasteiger partial charge in [0.1, 0.15) is 16.3 Å². The Morgan fingerprint density at radius 2 is 2.11 bits per heavy atom. The van der Waals surface area contributed by atoms with Crippen LogP contribution in [0.15, 0.2) is 52.1 Å². The number of thiophene rings is 1. The first-order valence-electron chi connectivity index (χ1n) is 9.17. The van der Waals surface area contributed by atoms with Gasteiger partial charge in [-0.25, -0.2) is 4.98 Å². The summed E-state index contributed by atoms with van der Waals surface area (Å²) in [5.41, 5.74) is 10.6. The van der Waals surface area contributed by atoms with Crippen LogP contribution < -0.4 is 5.73 Å². The van der Waals surface area contributed by atoms with Crippen molar-refractivity contribution in [3.05, 3.63) is 53.6 Å². The van der Waals surface area contributed by atoms with Gasteiger partial charge < -0.3 is 5.73 Å². The lowest BCUT2D eigenvalue weighted by molar-refractivity contribution is 0.636. The molecule has 3 nitrogen and oxygen atoms in total. The number of pyridine rings is 1. The molecular formula is C21H23N2OS3+. The Balaban J connectivity index is 1.87. The van der Waals surface area contributed by atoms with E-state index in [-0.39, 0.29) is 0 Å². The molecule has 0 saturated carbocycles. The van der Waals surface area contributed by atoms with Crippen LogP contribution in [0.4, 0.5) is 5.69 Å². The molecule has 6 heteroatoms. The zero-order chi connectivity index (χ0) is 18.8. The fourth-order valence-electron chi connectivity index (χ4n) is 3.25. The third kappa shape index (κ3) is 3.76. The number of hydrogen-bond donors (Lipinski definition) is 2. The molecule has 1 aliphatic rings. The van der Waals surface area contributed by atoms with Gasteiger partial charge in [0.25, 0.3) is 4.21 Å². The van der Waals surface area contributed by atoms with Crippen LogP contribution in [-0.4, -0.2) is 15.3 Å². The lowest BCUT2D eigenvalue weighted by Gasteiger charge is -2.12. The minimum atomic E-state index is -0.815. The molecule has 2 aromatic heterocycles. The van der Waals surface area contributed by atoms with Gasteiger partial charge in [-0.3, -0.25) is 0 Å². The summed E-state index contributed by atoms with van der Waals surface area (Å²) in [5.74, 6) is 0.767. The van der Waals surface area contributed by atoms with Crippen LogP contribution in [0.25, 0.3) is 21.3 Å². The van der Waals surface area contributed by atoms with Crippen LogP contribution in [-0.2, 0) is 11.2 Å². The van der Waals surface area contributed by atoms with E-state index >= 15 is 0 Å². The number of hydrogen-bond acceptors (Lipinski definition) is 5. The summed E-state index contributed by atoms with van der Waals surface area (Å²) in [5, 5.41) is 3.50. The summed E-state index contributed by atoms with van der Waals surface area (Å²) in [6, 6.07) is 12.5. The maximum Gasteiger partial charge on any atom is 0.269 e. The Hall–Kier alpha value is -1.47. The highest BCUT2D eigenvalue weighted by atomic mass is 32.2. The highest BCUT2D eigenvalue weighted by Crippen LogP contribution is 2.45. The molecule has 0 fully saturated rings. The Bertz CT molecular complexity index is 960. The molecule has 4 rings (SSSR count). The van der Waals surface area contributed by atoms with Crippen molar-refractivity contribution in [3.8, 4) is 11.1 Å². The SMILES string of the molecule is CCCC[S+](O)c1sc2nc(C3CC=CS3)cc(-c3ccccc3)c2c1N. The maximum absolute atomic E-state index is 10.7. The van der Waals surface area contributed by atoms with Crippen LogP contribution in [0.3, 0.4) is 0 Å². The third-order valence-corrected chi connectivity index (χ3v) is 8.85. The first kappa shape index (κ1) is 18.9. The van der Waals surface area contributed by atoms with E-state index < -0.39 is 11.2 Å². The highest BCUT2D eigenvalue weighted by Gasteiger charge is 2.30. The largest absolute Gasteiger partial charge is 0.393 e. The Morgan fingerprint density at radius 3 is 2.81 bits per heavy atom. The van der Waals surface area contributed by atoms with Crippen LogP contribution in [0, 0.1) is 0 Å². The first-order valence-corrected chi connectivity index (χ1v) is 12.3. The van der Waals surface area contributed by atoms with E-state index in [0.717, 1.165) is 56.3 Å². The number of anilines is 1. The molecule has 1 aliphatic heterocycles. The number of fused-ring (bicyclic) bond motifs is 1. The average molecular weight is 416 g/mol. The topological polar surface area (TPSA) is 59.1 Å². The molecule has 0 bridgehead atoms. The van der Waals surface area contributed by atoms with Gasteiger partial charge in [0, 0.05) is 5.39 Å². The number of nitrogen functional groups attached to an aromatic ring is 1. The standard InChI is InChI=1S/C21H23N2OS3/c1-2-3-12-27(24)21-19(22)18-15(14-8-5-4-6-9-14)13-16(23-20(18)26-21)17-10-7-11-25-17/h4-9,11,13,17,24H,2-3,10,12,22H2,1H3/q+1. The van der Waals surface area contributed by atoms with Gasteiger partial charge in [0.2, 0.25) is 0 Å². The van der Waals surface area contributed by atoms with Crippen molar-refractivity contribution in [3.63, 3.8) is 0 Å². The lowest BCUT2D eigenvalue weighted by atomic mass is 10.0. The minimum absolute atomic E-state index is 0.358. The van der Waals surface area contributed by atoms with E-state index in [2.05, 4.69) is 48.7 Å². The summed E-state index contributed by atoms with van der Waals surface area (Å²) in [6.07, 6.45) is 5.28. The summed E-state index contributed by atoms with van der Waals surface area (Å²) in [6.45, 7) is 2.14. The first-order chi connectivity index (χ1) is 13.2. The quantitative estimate of drug-likeness (QED) is 0.452. The average Bonchev–Trinajstić information content (AvgIpc) is 3.35. The fourth-order valence-corrected chi connectivity index (χ4v) is 6.98. The summed E-state index contributed by atoms with van der Waals surface area (Å²) >= 11 is 2.57. The van der Waals surface area contributed by atoms with E-state index in [1.165, 1.54) is 0 Å². The second kappa shape index (κ2) is 8.27. The Kier molecular flexibility index (Phi) is 5.78. The van der Waals surface area contributed by atoms with E-state index in [1.54, 1.807) is 11.3 Å². The smallest absolute Gasteiger partial charge is 0.269 e. The Morgan fingerprint density at radius 1 is 1.30 bits per heavy atom. The molecule has 0 aliphatic carbocycles. The van der Waals surface area contributed by atoms with Crippen molar-refractivity contribution < 1.29 is 4.55 Å². The van der Waals surface area contributed by atoms with Crippen molar-refractivity contribution >= 4 is 50.2 Å². The molecule has 3 aromatic rings. The highest BCUT2D eigenvalue weighted by molar-refractivity contribution is 8.02. The normalized spacial score (nSPS) is 17.6. The lowest BCUT2D eigenvalue weighted by Crippen LogP contribution is -2.06. The molecule has 3 heterocycles. The van der Waals surface area contributed by atoms with Crippen molar-refractivity contribution in [1.29, 1.82) is 0 Å². The molecule has 2 unspecified atom stereocenters. The molecule has 3 N–H and O–H groups in total. The molecule has 2 atom stereocenters. The van der Waals surface area contributed by atoms with Gasteiger partial charge >= 0.3 is 0 Å². The Labute approximate surface area is 171 Å². The number of nitrogens with two attached hydrogens (primary N) is 1. The van der Waals surface area contributed by atoms with Crippen LogP contribution in [0.5, 0.6) is 0 Å². The van der Waals surface area contributed by atoms with Crippen LogP contribution in [0.2, 0.25) is 0 Å². The monoisotopic (exact) mass is 415 g/mol. The van der Waals surface area contributed by atoms with Crippen molar-refractivity contribution in [2.24, 2.45) is 0 Å². The fraction of sp³-hybridized carbons (Fsp3) is 0.286. The van der Waals surface area contributed by atoms with E-state index in [9.17, 15) is 4.55 Å². The predicted molar refractivity (Wildman–Crippen MR) is 122 cm³/mol. The summed E-state index contributed by atoms with van der Waals surface area (Å²) < 4.78 is 11.6. The molecule has 27 heavy (non-hydrogen) atoms. The van der Waals surface area contributed by atoms with Gasteiger partial charge in [-0.1, -0.05) is 61.1 Å². The molecule has 1 aromatic carbocycles. The van der Waals surface area contributed by atoms with Crippen molar-refractivity contribution in [2.75, 3.05) is 11.5 Å². The zero-order valence-electron chi connectivity index (χ0n) is 15.2. The molecule has 0 saturated heterocycles. The predicted octanol–water partition coefficient (Wildman–Crippen LogP) is 6.49. The van der Waals surface area contributed by atoms with Gasteiger partial charge in [-0.15, -0.1) is 11.8 Å². The second-order valence-corrected chi connectivity index (χ2v) is 10.5. The zero-order valence-corrected chi connectivity index (χ0v) is 17.7. The van der Waals surface area contributed by atoms with Crippen LogP contribution >= 0.6 is 23.1 Å². The van der Waals surface area contributed by atoms with Gasteiger partial charge in [0.05, 0.1) is 10.9 Å². The minimum Gasteiger partial charge on any atom is -0.393 e.